The predicted molar refractivity (Wildman–Crippen MR) is 96.7 cm³/mol. The zero-order valence-electron chi connectivity index (χ0n) is 14.4. The van der Waals surface area contributed by atoms with Gasteiger partial charge in [0.1, 0.15) is 6.04 Å². The van der Waals surface area contributed by atoms with Gasteiger partial charge in [-0.2, -0.15) is 0 Å². The lowest BCUT2D eigenvalue weighted by molar-refractivity contribution is -0.125. The topological polar surface area (TPSA) is 76.7 Å². The van der Waals surface area contributed by atoms with Crippen molar-refractivity contribution in [1.82, 2.24) is 10.6 Å². The Kier molecular flexibility index (Phi) is 6.35. The third-order valence-corrected chi connectivity index (χ3v) is 4.10. The molecular formula is C20H22N2O4. The van der Waals surface area contributed by atoms with Crippen LogP contribution < -0.4 is 10.6 Å². The average molecular weight is 354 g/mol. The van der Waals surface area contributed by atoms with Crippen LogP contribution in [-0.2, 0) is 14.3 Å². The highest BCUT2D eigenvalue weighted by molar-refractivity contribution is 5.97. The molecule has 1 aliphatic heterocycles. The highest BCUT2D eigenvalue weighted by Gasteiger charge is 2.24. The number of hydrogen-bond acceptors (Lipinski definition) is 4. The Morgan fingerprint density at radius 3 is 2.35 bits per heavy atom. The molecule has 2 atom stereocenters. The second-order valence-corrected chi connectivity index (χ2v) is 6.00. The number of hydrogen-bond donors (Lipinski definition) is 2. The van der Waals surface area contributed by atoms with Gasteiger partial charge in [-0.25, -0.2) is 0 Å². The molecule has 1 fully saturated rings. The maximum Gasteiger partial charge on any atom is 0.252 e. The Labute approximate surface area is 152 Å². The van der Waals surface area contributed by atoms with Crippen molar-refractivity contribution in [3.63, 3.8) is 0 Å². The Balaban J connectivity index is 1.68. The molecule has 0 unspecified atom stereocenters. The molecule has 2 N–H and O–H groups in total. The fourth-order valence-corrected chi connectivity index (χ4v) is 2.72. The van der Waals surface area contributed by atoms with Crippen LogP contribution in [0.25, 0.3) is 0 Å². The van der Waals surface area contributed by atoms with Crippen LogP contribution >= 0.6 is 0 Å². The lowest BCUT2D eigenvalue weighted by Gasteiger charge is -2.25. The van der Waals surface area contributed by atoms with Gasteiger partial charge in [0.25, 0.3) is 5.91 Å². The molecule has 3 rings (SSSR count). The normalized spacial score (nSPS) is 17.9. The van der Waals surface area contributed by atoms with Crippen LogP contribution in [0.1, 0.15) is 22.0 Å². The quantitative estimate of drug-likeness (QED) is 0.828. The van der Waals surface area contributed by atoms with E-state index in [9.17, 15) is 9.59 Å². The molecule has 1 saturated heterocycles. The molecule has 6 heteroatoms. The van der Waals surface area contributed by atoms with E-state index in [0.29, 0.717) is 31.9 Å². The van der Waals surface area contributed by atoms with Crippen molar-refractivity contribution in [1.29, 1.82) is 0 Å². The summed E-state index contributed by atoms with van der Waals surface area (Å²) < 4.78 is 10.9. The zero-order chi connectivity index (χ0) is 18.2. The Morgan fingerprint density at radius 1 is 1.00 bits per heavy atom. The van der Waals surface area contributed by atoms with Gasteiger partial charge in [0, 0.05) is 12.1 Å². The molecule has 2 aromatic rings. The Hall–Kier alpha value is -2.70. The summed E-state index contributed by atoms with van der Waals surface area (Å²) in [6.45, 7) is 1.88. The van der Waals surface area contributed by atoms with Crippen LogP contribution in [0.15, 0.2) is 60.7 Å². The zero-order valence-corrected chi connectivity index (χ0v) is 14.4. The molecular weight excluding hydrogens is 332 g/mol. The van der Waals surface area contributed by atoms with E-state index in [-0.39, 0.29) is 17.9 Å². The summed E-state index contributed by atoms with van der Waals surface area (Å²) in [5.74, 6) is -0.582. The standard InChI is InChI=1S/C20H22N2O4/c23-19(16-9-5-2-6-10-16)22-18(15-7-3-1-4-8-15)20(24)21-13-17-14-25-11-12-26-17/h1-10,17-18H,11-14H2,(H,21,24)(H,22,23)/t17-,18-/m1/s1. The van der Waals surface area contributed by atoms with Crippen LogP contribution in [0.5, 0.6) is 0 Å². The lowest BCUT2D eigenvalue weighted by Crippen LogP contribution is -2.45. The van der Waals surface area contributed by atoms with E-state index in [1.807, 2.05) is 36.4 Å². The van der Waals surface area contributed by atoms with Crippen molar-refractivity contribution in [3.8, 4) is 0 Å². The summed E-state index contributed by atoms with van der Waals surface area (Å²) in [4.78, 5) is 25.2. The van der Waals surface area contributed by atoms with Gasteiger partial charge in [-0.1, -0.05) is 48.5 Å². The van der Waals surface area contributed by atoms with Crippen molar-refractivity contribution in [2.45, 2.75) is 12.1 Å². The van der Waals surface area contributed by atoms with Crippen LogP contribution in [0.2, 0.25) is 0 Å². The first-order valence-electron chi connectivity index (χ1n) is 8.62. The fourth-order valence-electron chi connectivity index (χ4n) is 2.72. The van der Waals surface area contributed by atoms with Crippen LogP contribution in [0.4, 0.5) is 0 Å². The largest absolute Gasteiger partial charge is 0.376 e. The molecule has 0 aromatic heterocycles. The van der Waals surface area contributed by atoms with Crippen molar-refractivity contribution in [2.75, 3.05) is 26.4 Å². The van der Waals surface area contributed by atoms with Gasteiger partial charge in [-0.15, -0.1) is 0 Å². The van der Waals surface area contributed by atoms with Crippen LogP contribution in [0, 0.1) is 0 Å². The minimum Gasteiger partial charge on any atom is -0.376 e. The number of ether oxygens (including phenoxy) is 2. The molecule has 1 heterocycles. The number of rotatable bonds is 6. The fraction of sp³-hybridized carbons (Fsp3) is 0.300. The van der Waals surface area contributed by atoms with E-state index in [2.05, 4.69) is 10.6 Å². The van der Waals surface area contributed by atoms with Crippen molar-refractivity contribution < 1.29 is 19.1 Å². The monoisotopic (exact) mass is 354 g/mol. The second-order valence-electron chi connectivity index (χ2n) is 6.00. The predicted octanol–water partition coefficient (Wildman–Crippen LogP) is 1.69. The third-order valence-electron chi connectivity index (χ3n) is 4.10. The maximum absolute atomic E-state index is 12.7. The molecule has 0 spiro atoms. The summed E-state index contributed by atoms with van der Waals surface area (Å²) in [6.07, 6.45) is -0.172. The number of amides is 2. The molecule has 2 amide bonds. The first-order chi connectivity index (χ1) is 12.7. The first kappa shape index (κ1) is 18.1. The SMILES string of the molecule is O=C(N[C@@H](C(=O)NC[C@@H]1COCCO1)c1ccccc1)c1ccccc1. The number of carbonyl (C=O) groups excluding carboxylic acids is 2. The molecule has 0 bridgehead atoms. The number of benzene rings is 2. The minimum absolute atomic E-state index is 0.172. The highest BCUT2D eigenvalue weighted by atomic mass is 16.6. The van der Waals surface area contributed by atoms with E-state index < -0.39 is 6.04 Å². The van der Waals surface area contributed by atoms with Crippen molar-refractivity contribution in [3.05, 3.63) is 71.8 Å². The molecule has 1 aliphatic rings. The van der Waals surface area contributed by atoms with E-state index in [0.717, 1.165) is 5.56 Å². The van der Waals surface area contributed by atoms with E-state index >= 15 is 0 Å². The highest BCUT2D eigenvalue weighted by Crippen LogP contribution is 2.14. The molecule has 0 saturated carbocycles. The summed E-state index contributed by atoms with van der Waals surface area (Å²) in [7, 11) is 0. The molecule has 2 aromatic carbocycles. The molecule has 6 nitrogen and oxygen atoms in total. The first-order valence-corrected chi connectivity index (χ1v) is 8.62. The van der Waals surface area contributed by atoms with Crippen molar-refractivity contribution >= 4 is 11.8 Å². The summed E-state index contributed by atoms with van der Waals surface area (Å²) in [5.41, 5.74) is 1.22. The van der Waals surface area contributed by atoms with Gasteiger partial charge in [-0.3, -0.25) is 9.59 Å². The third kappa shape index (κ3) is 4.91. The van der Waals surface area contributed by atoms with Crippen LogP contribution in [-0.4, -0.2) is 44.3 Å². The number of nitrogens with one attached hydrogen (secondary N) is 2. The minimum atomic E-state index is -0.784. The van der Waals surface area contributed by atoms with Crippen LogP contribution in [0.3, 0.4) is 0 Å². The molecule has 0 aliphatic carbocycles. The van der Waals surface area contributed by atoms with E-state index in [4.69, 9.17) is 9.47 Å². The van der Waals surface area contributed by atoms with Crippen molar-refractivity contribution in [2.24, 2.45) is 0 Å². The molecule has 26 heavy (non-hydrogen) atoms. The molecule has 0 radical (unpaired) electrons. The second kappa shape index (κ2) is 9.12. The van der Waals surface area contributed by atoms with E-state index in [1.165, 1.54) is 0 Å². The smallest absolute Gasteiger partial charge is 0.252 e. The van der Waals surface area contributed by atoms with E-state index in [1.54, 1.807) is 24.3 Å². The van der Waals surface area contributed by atoms with Gasteiger partial charge < -0.3 is 20.1 Å². The number of carbonyl (C=O) groups is 2. The Morgan fingerprint density at radius 2 is 1.69 bits per heavy atom. The molecule has 136 valence electrons. The summed E-state index contributed by atoms with van der Waals surface area (Å²) in [6, 6.07) is 17.2. The summed E-state index contributed by atoms with van der Waals surface area (Å²) >= 11 is 0. The lowest BCUT2D eigenvalue weighted by atomic mass is 10.1. The summed E-state index contributed by atoms with van der Waals surface area (Å²) in [5, 5.41) is 5.66. The van der Waals surface area contributed by atoms with Gasteiger partial charge in [-0.05, 0) is 17.7 Å². The maximum atomic E-state index is 12.7. The van der Waals surface area contributed by atoms with Gasteiger partial charge in [0.2, 0.25) is 5.91 Å². The average Bonchev–Trinajstić information content (AvgIpc) is 2.72. The Bertz CT molecular complexity index is 715. The van der Waals surface area contributed by atoms with Gasteiger partial charge in [0.15, 0.2) is 0 Å². The van der Waals surface area contributed by atoms with Gasteiger partial charge in [0.05, 0.1) is 25.9 Å². The van der Waals surface area contributed by atoms with Gasteiger partial charge >= 0.3 is 0 Å².